The Labute approximate surface area is 190 Å². The van der Waals surface area contributed by atoms with Crippen molar-refractivity contribution >= 4 is 17.6 Å². The minimum absolute atomic E-state index is 0.0719. The molecule has 0 spiro atoms. The zero-order valence-electron chi connectivity index (χ0n) is 18.5. The normalized spacial score (nSPS) is 10.7. The van der Waals surface area contributed by atoms with Crippen molar-refractivity contribution in [2.75, 3.05) is 18.5 Å². The standard InChI is InChI=1S/C24H24FN3O5/c1-4-32-24(31)23-20(13-22(30)28(27-23)19-11-7-17(25)8-12-19)33-14-21(29)26-18-9-5-16(6-10-18)15(2)3/h5-13,15H,4,14H2,1-3H3,(H,26,29). The van der Waals surface area contributed by atoms with E-state index in [0.29, 0.717) is 11.6 Å². The first-order chi connectivity index (χ1) is 15.8. The van der Waals surface area contributed by atoms with Gasteiger partial charge in [-0.1, -0.05) is 26.0 Å². The first-order valence-corrected chi connectivity index (χ1v) is 10.4. The number of nitrogens with zero attached hydrogens (tertiary/aromatic N) is 2. The number of halogens is 1. The van der Waals surface area contributed by atoms with Crippen molar-refractivity contribution in [3.8, 4) is 11.4 Å². The average molecular weight is 453 g/mol. The van der Waals surface area contributed by atoms with Crippen LogP contribution in [0.4, 0.5) is 10.1 Å². The Bertz CT molecular complexity index is 1190. The molecule has 0 radical (unpaired) electrons. The summed E-state index contributed by atoms with van der Waals surface area (Å²) in [6.07, 6.45) is 0. The fraction of sp³-hybridized carbons (Fsp3) is 0.250. The average Bonchev–Trinajstić information content (AvgIpc) is 2.79. The van der Waals surface area contributed by atoms with Crippen molar-refractivity contribution in [3.63, 3.8) is 0 Å². The molecule has 0 aliphatic heterocycles. The summed E-state index contributed by atoms with van der Waals surface area (Å²) in [6.45, 7) is 5.37. The van der Waals surface area contributed by atoms with E-state index >= 15 is 0 Å². The van der Waals surface area contributed by atoms with Gasteiger partial charge in [-0.15, -0.1) is 0 Å². The van der Waals surface area contributed by atoms with Gasteiger partial charge in [-0.2, -0.15) is 9.78 Å². The molecule has 1 amide bonds. The van der Waals surface area contributed by atoms with Gasteiger partial charge in [0.2, 0.25) is 5.69 Å². The Morgan fingerprint density at radius 3 is 2.36 bits per heavy atom. The van der Waals surface area contributed by atoms with Crippen LogP contribution < -0.4 is 15.6 Å². The molecule has 0 bridgehead atoms. The Morgan fingerprint density at radius 2 is 1.76 bits per heavy atom. The maximum Gasteiger partial charge on any atom is 0.362 e. The Morgan fingerprint density at radius 1 is 1.09 bits per heavy atom. The van der Waals surface area contributed by atoms with E-state index < -0.39 is 29.9 Å². The van der Waals surface area contributed by atoms with Gasteiger partial charge in [0, 0.05) is 5.69 Å². The molecule has 1 N–H and O–H groups in total. The van der Waals surface area contributed by atoms with E-state index in [1.54, 1.807) is 19.1 Å². The molecule has 8 nitrogen and oxygen atoms in total. The Balaban J connectivity index is 1.80. The third-order valence-corrected chi connectivity index (χ3v) is 4.66. The highest BCUT2D eigenvalue weighted by Gasteiger charge is 2.20. The lowest BCUT2D eigenvalue weighted by atomic mass is 10.0. The molecule has 3 rings (SSSR count). The lowest BCUT2D eigenvalue weighted by molar-refractivity contribution is -0.118. The maximum atomic E-state index is 13.2. The number of aromatic nitrogens is 2. The number of nitrogens with one attached hydrogen (secondary N) is 1. The SMILES string of the molecule is CCOC(=O)c1nn(-c2ccc(F)cc2)c(=O)cc1OCC(=O)Nc1ccc(C(C)C)cc1. The number of carbonyl (C=O) groups excluding carboxylic acids is 2. The molecule has 0 aliphatic rings. The van der Waals surface area contributed by atoms with Gasteiger partial charge >= 0.3 is 5.97 Å². The monoisotopic (exact) mass is 453 g/mol. The summed E-state index contributed by atoms with van der Waals surface area (Å²) in [5.74, 6) is -1.62. The molecular formula is C24H24FN3O5. The predicted molar refractivity (Wildman–Crippen MR) is 120 cm³/mol. The zero-order chi connectivity index (χ0) is 24.0. The lowest BCUT2D eigenvalue weighted by Crippen LogP contribution is -2.27. The molecule has 172 valence electrons. The van der Waals surface area contributed by atoms with Gasteiger partial charge in [0.25, 0.3) is 11.5 Å². The summed E-state index contributed by atoms with van der Waals surface area (Å²) in [6, 6.07) is 13.4. The number of hydrogen-bond acceptors (Lipinski definition) is 6. The molecule has 0 unspecified atom stereocenters. The van der Waals surface area contributed by atoms with Crippen LogP contribution in [-0.2, 0) is 9.53 Å². The third kappa shape index (κ3) is 6.03. The lowest BCUT2D eigenvalue weighted by Gasteiger charge is -2.13. The van der Waals surface area contributed by atoms with E-state index in [1.165, 1.54) is 12.1 Å². The summed E-state index contributed by atoms with van der Waals surface area (Å²) < 4.78 is 24.6. The fourth-order valence-electron chi connectivity index (χ4n) is 2.95. The molecule has 3 aromatic rings. The summed E-state index contributed by atoms with van der Waals surface area (Å²) in [5.41, 5.74) is 1.06. The van der Waals surface area contributed by atoms with Gasteiger partial charge in [-0.05, 0) is 54.8 Å². The van der Waals surface area contributed by atoms with Crippen LogP contribution in [0.3, 0.4) is 0 Å². The summed E-state index contributed by atoms with van der Waals surface area (Å²) in [7, 11) is 0. The van der Waals surface area contributed by atoms with E-state index in [1.807, 2.05) is 12.1 Å². The summed E-state index contributed by atoms with van der Waals surface area (Å²) in [4.78, 5) is 37.3. The van der Waals surface area contributed by atoms with Crippen molar-refractivity contribution in [1.29, 1.82) is 0 Å². The number of ether oxygens (including phenoxy) is 2. The van der Waals surface area contributed by atoms with Gasteiger partial charge < -0.3 is 14.8 Å². The molecule has 1 aromatic heterocycles. The molecule has 33 heavy (non-hydrogen) atoms. The van der Waals surface area contributed by atoms with Crippen LogP contribution in [0.25, 0.3) is 5.69 Å². The number of carbonyl (C=O) groups is 2. The van der Waals surface area contributed by atoms with Gasteiger partial charge in [0.1, 0.15) is 5.82 Å². The molecule has 0 fully saturated rings. The van der Waals surface area contributed by atoms with Crippen LogP contribution in [0.2, 0.25) is 0 Å². The maximum absolute atomic E-state index is 13.2. The van der Waals surface area contributed by atoms with Crippen LogP contribution in [0.5, 0.6) is 5.75 Å². The highest BCUT2D eigenvalue weighted by Crippen LogP contribution is 2.18. The second-order valence-electron chi connectivity index (χ2n) is 7.42. The molecule has 0 atom stereocenters. The van der Waals surface area contributed by atoms with Crippen molar-refractivity contribution in [3.05, 3.63) is 82.0 Å². The number of amides is 1. The predicted octanol–water partition coefficient (Wildman–Crippen LogP) is 3.69. The molecular weight excluding hydrogens is 429 g/mol. The molecule has 2 aromatic carbocycles. The van der Waals surface area contributed by atoms with Crippen LogP contribution in [-0.4, -0.2) is 34.9 Å². The van der Waals surface area contributed by atoms with E-state index in [-0.39, 0.29) is 23.7 Å². The third-order valence-electron chi connectivity index (χ3n) is 4.66. The van der Waals surface area contributed by atoms with E-state index in [9.17, 15) is 18.8 Å². The topological polar surface area (TPSA) is 99.5 Å². The smallest absolute Gasteiger partial charge is 0.362 e. The van der Waals surface area contributed by atoms with Crippen molar-refractivity contribution in [2.24, 2.45) is 0 Å². The molecule has 9 heteroatoms. The highest BCUT2D eigenvalue weighted by molar-refractivity contribution is 5.93. The van der Waals surface area contributed by atoms with Crippen molar-refractivity contribution < 1.29 is 23.5 Å². The summed E-state index contributed by atoms with van der Waals surface area (Å²) in [5, 5.41) is 6.72. The first kappa shape index (κ1) is 23.6. The minimum Gasteiger partial charge on any atom is -0.481 e. The molecule has 0 saturated carbocycles. The number of hydrogen-bond donors (Lipinski definition) is 1. The van der Waals surface area contributed by atoms with Gasteiger partial charge in [0.05, 0.1) is 18.4 Å². The van der Waals surface area contributed by atoms with Crippen LogP contribution in [0.15, 0.2) is 59.4 Å². The van der Waals surface area contributed by atoms with Crippen molar-refractivity contribution in [2.45, 2.75) is 26.7 Å². The minimum atomic E-state index is -0.826. The largest absolute Gasteiger partial charge is 0.481 e. The number of rotatable bonds is 8. The number of esters is 1. The van der Waals surface area contributed by atoms with Crippen LogP contribution in [0, 0.1) is 5.82 Å². The van der Waals surface area contributed by atoms with Gasteiger partial charge in [-0.3, -0.25) is 9.59 Å². The highest BCUT2D eigenvalue weighted by atomic mass is 19.1. The van der Waals surface area contributed by atoms with Crippen LogP contribution in [0.1, 0.15) is 42.7 Å². The summed E-state index contributed by atoms with van der Waals surface area (Å²) >= 11 is 0. The van der Waals surface area contributed by atoms with Gasteiger partial charge in [0.15, 0.2) is 12.4 Å². The first-order valence-electron chi connectivity index (χ1n) is 10.4. The van der Waals surface area contributed by atoms with E-state index in [4.69, 9.17) is 9.47 Å². The van der Waals surface area contributed by atoms with E-state index in [0.717, 1.165) is 28.4 Å². The van der Waals surface area contributed by atoms with Gasteiger partial charge in [-0.25, -0.2) is 9.18 Å². The van der Waals surface area contributed by atoms with Crippen molar-refractivity contribution in [1.82, 2.24) is 9.78 Å². The molecule has 0 saturated heterocycles. The number of anilines is 1. The second kappa shape index (κ2) is 10.5. The number of benzene rings is 2. The second-order valence-corrected chi connectivity index (χ2v) is 7.42. The zero-order valence-corrected chi connectivity index (χ0v) is 18.5. The molecule has 1 heterocycles. The fourth-order valence-corrected chi connectivity index (χ4v) is 2.95. The molecule has 0 aliphatic carbocycles. The quantitative estimate of drug-likeness (QED) is 0.522. The van der Waals surface area contributed by atoms with E-state index in [2.05, 4.69) is 24.3 Å². The van der Waals surface area contributed by atoms with Crippen LogP contribution >= 0.6 is 0 Å². The Hall–Kier alpha value is -4.01. The Kier molecular flexibility index (Phi) is 7.55.